The van der Waals surface area contributed by atoms with Gasteiger partial charge in [0.05, 0.1) is 30.0 Å². The molecule has 1 aromatic heterocycles. The van der Waals surface area contributed by atoms with Crippen molar-refractivity contribution in [1.29, 1.82) is 0 Å². The van der Waals surface area contributed by atoms with E-state index in [1.807, 2.05) is 54.6 Å². The number of aromatic nitrogens is 2. The second-order valence-electron chi connectivity index (χ2n) is 12.0. The molecule has 1 aliphatic heterocycles. The minimum Gasteiger partial charge on any atom is -0.466 e. The van der Waals surface area contributed by atoms with Crippen molar-refractivity contribution in [2.45, 2.75) is 51.7 Å². The van der Waals surface area contributed by atoms with E-state index in [-0.39, 0.29) is 18.8 Å². The summed E-state index contributed by atoms with van der Waals surface area (Å²) in [5.74, 6) is -0.479. The first-order valence-corrected chi connectivity index (χ1v) is 15.2. The van der Waals surface area contributed by atoms with Crippen LogP contribution >= 0.6 is 0 Å². The number of hydrogen-bond donors (Lipinski definition) is 0. The summed E-state index contributed by atoms with van der Waals surface area (Å²) in [7, 11) is 0. The van der Waals surface area contributed by atoms with E-state index in [0.29, 0.717) is 36.5 Å². The largest absolute Gasteiger partial charge is 0.466 e. The van der Waals surface area contributed by atoms with Crippen molar-refractivity contribution in [1.82, 2.24) is 14.7 Å². The molecule has 8 heteroatoms. The maximum atomic E-state index is 13.5. The first kappa shape index (κ1) is 31.6. The number of likely N-dealkylation sites (tertiary alicyclic amines) is 1. The summed E-state index contributed by atoms with van der Waals surface area (Å²) >= 11 is 0. The van der Waals surface area contributed by atoms with Crippen LogP contribution in [0.3, 0.4) is 0 Å². The van der Waals surface area contributed by atoms with Gasteiger partial charge in [-0.2, -0.15) is 9.78 Å². The molecule has 0 spiro atoms. The highest BCUT2D eigenvalue weighted by atomic mass is 16.6. The van der Waals surface area contributed by atoms with Crippen molar-refractivity contribution >= 4 is 23.9 Å². The van der Waals surface area contributed by atoms with E-state index in [4.69, 9.17) is 9.47 Å². The van der Waals surface area contributed by atoms with E-state index >= 15 is 0 Å². The summed E-state index contributed by atoms with van der Waals surface area (Å²) in [5, 5.41) is 4.48. The molecule has 5 rings (SSSR count). The SMILES string of the molecule is CCOC(=O)Cc1cc(/C=C2\CN(C(c3ccccc3)(c3ccccc3)c3ccccc3)CCC2=O)nn1C(=O)OC(C)(C)C. The number of nitrogens with zero attached hydrogens (tertiary/aromatic N) is 3. The Bertz CT molecular complexity index is 1570. The minimum absolute atomic E-state index is 0.00750. The van der Waals surface area contributed by atoms with Gasteiger partial charge in [-0.25, -0.2) is 4.79 Å². The molecule has 2 heterocycles. The Morgan fingerprint density at radius 3 is 1.89 bits per heavy atom. The van der Waals surface area contributed by atoms with E-state index in [9.17, 15) is 14.4 Å². The molecule has 232 valence electrons. The highest BCUT2D eigenvalue weighted by Gasteiger charge is 2.44. The first-order valence-electron chi connectivity index (χ1n) is 15.2. The van der Waals surface area contributed by atoms with Crippen LogP contribution in [0.5, 0.6) is 0 Å². The van der Waals surface area contributed by atoms with Gasteiger partial charge >= 0.3 is 12.1 Å². The number of rotatable bonds is 8. The van der Waals surface area contributed by atoms with Gasteiger partial charge in [0, 0.05) is 25.1 Å². The zero-order chi connectivity index (χ0) is 32.0. The summed E-state index contributed by atoms with van der Waals surface area (Å²) in [5.41, 5.74) is 3.07. The summed E-state index contributed by atoms with van der Waals surface area (Å²) in [6.45, 7) is 8.09. The molecule has 0 bridgehead atoms. The molecule has 0 saturated carbocycles. The van der Waals surface area contributed by atoms with E-state index in [1.54, 1.807) is 39.8 Å². The summed E-state index contributed by atoms with van der Waals surface area (Å²) in [6, 6.07) is 32.7. The van der Waals surface area contributed by atoms with Crippen LogP contribution in [0.2, 0.25) is 0 Å². The number of benzene rings is 3. The molecule has 1 aliphatic rings. The molecule has 3 aromatic carbocycles. The Morgan fingerprint density at radius 2 is 1.40 bits per heavy atom. The fourth-order valence-electron chi connectivity index (χ4n) is 5.91. The van der Waals surface area contributed by atoms with Gasteiger partial charge in [0.2, 0.25) is 0 Å². The van der Waals surface area contributed by atoms with Crippen molar-refractivity contribution in [2.24, 2.45) is 0 Å². The van der Waals surface area contributed by atoms with E-state index in [0.717, 1.165) is 21.4 Å². The van der Waals surface area contributed by atoms with Crippen LogP contribution in [-0.2, 0) is 31.0 Å². The quantitative estimate of drug-likeness (QED) is 0.130. The second-order valence-corrected chi connectivity index (χ2v) is 12.0. The minimum atomic E-state index is -0.766. The van der Waals surface area contributed by atoms with E-state index in [2.05, 4.69) is 46.4 Å². The van der Waals surface area contributed by atoms with Gasteiger partial charge in [-0.3, -0.25) is 14.5 Å². The van der Waals surface area contributed by atoms with E-state index in [1.165, 1.54) is 0 Å². The molecule has 0 unspecified atom stereocenters. The number of carbonyl (C=O) groups is 3. The molecule has 4 aromatic rings. The number of hydrogen-bond acceptors (Lipinski definition) is 7. The molecule has 1 fully saturated rings. The van der Waals surface area contributed by atoms with Crippen LogP contribution in [0.1, 0.15) is 62.2 Å². The second kappa shape index (κ2) is 13.4. The average molecular weight is 606 g/mol. The Morgan fingerprint density at radius 1 is 0.867 bits per heavy atom. The number of esters is 1. The Kier molecular flexibility index (Phi) is 9.44. The van der Waals surface area contributed by atoms with Crippen LogP contribution in [0.4, 0.5) is 4.79 Å². The third-order valence-corrected chi connectivity index (χ3v) is 7.70. The lowest BCUT2D eigenvalue weighted by molar-refractivity contribution is -0.142. The van der Waals surface area contributed by atoms with E-state index < -0.39 is 23.2 Å². The molecule has 0 amide bonds. The Hall–Kier alpha value is -4.82. The highest BCUT2D eigenvalue weighted by molar-refractivity contribution is 6.00. The molecular formula is C37H39N3O5. The van der Waals surface area contributed by atoms with Gasteiger partial charge < -0.3 is 9.47 Å². The van der Waals surface area contributed by atoms with Crippen LogP contribution in [0, 0.1) is 0 Å². The molecule has 0 N–H and O–H groups in total. The zero-order valence-electron chi connectivity index (χ0n) is 26.2. The summed E-state index contributed by atoms with van der Waals surface area (Å²) < 4.78 is 11.8. The van der Waals surface area contributed by atoms with Crippen LogP contribution in [-0.4, -0.2) is 57.8 Å². The standard InChI is InChI=1S/C37H39N3O5/c1-5-44-34(42)25-32-24-31(38-40(32)35(43)45-36(2,3)4)23-27-26-39(22-21-33(27)41)37(28-15-9-6-10-16-28,29-17-11-7-12-18-29)30-19-13-8-14-20-30/h6-20,23-24H,5,21-22,25-26H2,1-4H3/b27-23+. The van der Waals surface area contributed by atoms with Crippen molar-refractivity contribution in [2.75, 3.05) is 19.7 Å². The molecule has 8 nitrogen and oxygen atoms in total. The maximum absolute atomic E-state index is 13.5. The predicted molar refractivity (Wildman–Crippen MR) is 173 cm³/mol. The third-order valence-electron chi connectivity index (χ3n) is 7.70. The average Bonchev–Trinajstić information content (AvgIpc) is 3.42. The summed E-state index contributed by atoms with van der Waals surface area (Å²) in [6.07, 6.45) is 1.15. The van der Waals surface area contributed by atoms with Crippen molar-refractivity contribution in [3.8, 4) is 0 Å². The lowest BCUT2D eigenvalue weighted by atomic mass is 9.74. The maximum Gasteiger partial charge on any atom is 0.435 e. The van der Waals surface area contributed by atoms with Gasteiger partial charge in [-0.1, -0.05) is 91.0 Å². The van der Waals surface area contributed by atoms with Gasteiger partial charge in [-0.15, -0.1) is 0 Å². The smallest absolute Gasteiger partial charge is 0.435 e. The fraction of sp³-hybridized carbons (Fsp3) is 0.297. The lowest BCUT2D eigenvalue weighted by Crippen LogP contribution is -2.52. The Labute approximate surface area is 264 Å². The van der Waals surface area contributed by atoms with Gasteiger partial charge in [0.25, 0.3) is 0 Å². The summed E-state index contributed by atoms with van der Waals surface area (Å²) in [4.78, 5) is 41.3. The topological polar surface area (TPSA) is 90.7 Å². The predicted octanol–water partition coefficient (Wildman–Crippen LogP) is 6.42. The van der Waals surface area contributed by atoms with Crippen molar-refractivity contribution in [3.05, 3.63) is 131 Å². The molecule has 45 heavy (non-hydrogen) atoms. The molecular weight excluding hydrogens is 566 g/mol. The number of ketones is 1. The first-order chi connectivity index (χ1) is 21.6. The number of piperidine rings is 1. The monoisotopic (exact) mass is 605 g/mol. The van der Waals surface area contributed by atoms with Crippen molar-refractivity contribution < 1.29 is 23.9 Å². The third kappa shape index (κ3) is 6.97. The molecule has 0 aliphatic carbocycles. The zero-order valence-corrected chi connectivity index (χ0v) is 26.2. The number of ether oxygens (including phenoxy) is 2. The van der Waals surface area contributed by atoms with Crippen molar-refractivity contribution in [3.63, 3.8) is 0 Å². The normalized spacial score (nSPS) is 15.2. The lowest BCUT2D eigenvalue weighted by Gasteiger charge is -2.47. The fourth-order valence-corrected chi connectivity index (χ4v) is 5.91. The number of Topliss-reactive ketones (excluding diaryl/α,β-unsaturated/α-hetero) is 1. The van der Waals surface area contributed by atoms with Crippen LogP contribution < -0.4 is 0 Å². The highest BCUT2D eigenvalue weighted by Crippen LogP contribution is 2.44. The number of carbonyl (C=O) groups excluding carboxylic acids is 3. The molecule has 0 atom stereocenters. The van der Waals surface area contributed by atoms with Crippen LogP contribution in [0.15, 0.2) is 103 Å². The Balaban J connectivity index is 1.60. The van der Waals surface area contributed by atoms with Gasteiger partial charge in [0.15, 0.2) is 5.78 Å². The molecule has 0 radical (unpaired) electrons. The van der Waals surface area contributed by atoms with Gasteiger partial charge in [0.1, 0.15) is 5.60 Å². The van der Waals surface area contributed by atoms with Crippen LogP contribution in [0.25, 0.3) is 6.08 Å². The van der Waals surface area contributed by atoms with Gasteiger partial charge in [-0.05, 0) is 56.5 Å². The molecule has 1 saturated heterocycles.